The molecule has 2 heterocycles. The van der Waals surface area contributed by atoms with Crippen LogP contribution in [0.2, 0.25) is 0 Å². The van der Waals surface area contributed by atoms with E-state index in [0.717, 1.165) is 10.9 Å². The minimum Gasteiger partial charge on any atom is -0.352 e. The summed E-state index contributed by atoms with van der Waals surface area (Å²) in [7, 11) is 1.64. The number of benzene rings is 2. The molecule has 0 aliphatic rings. The predicted molar refractivity (Wildman–Crippen MR) is 122 cm³/mol. The predicted octanol–water partition coefficient (Wildman–Crippen LogP) is 3.87. The summed E-state index contributed by atoms with van der Waals surface area (Å²) >= 11 is 0. The van der Waals surface area contributed by atoms with E-state index in [1.807, 2.05) is 13.8 Å². The van der Waals surface area contributed by atoms with Crippen LogP contribution in [0.15, 0.2) is 53.3 Å². The SMILES string of the molecule is Cc1nn(-c2cccc(F)c2)c2c1c(C)c(CCC(=O)NCc1ccccc1F)c(=O)n2C. The van der Waals surface area contributed by atoms with Crippen molar-refractivity contribution in [3.05, 3.63) is 92.9 Å². The number of carbonyl (C=O) groups excluding carboxylic acids is 1. The zero-order valence-corrected chi connectivity index (χ0v) is 18.7. The Bertz CT molecular complexity index is 1420. The first-order valence-electron chi connectivity index (χ1n) is 10.6. The molecule has 0 saturated heterocycles. The molecule has 0 radical (unpaired) electrons. The molecule has 2 aromatic carbocycles. The molecule has 6 nitrogen and oxygen atoms in total. The zero-order chi connectivity index (χ0) is 23.7. The third-order valence-electron chi connectivity index (χ3n) is 5.83. The van der Waals surface area contributed by atoms with E-state index in [0.29, 0.717) is 28.2 Å². The summed E-state index contributed by atoms with van der Waals surface area (Å²) in [6.45, 7) is 3.75. The van der Waals surface area contributed by atoms with E-state index < -0.39 is 5.82 Å². The van der Waals surface area contributed by atoms with Crippen molar-refractivity contribution in [2.24, 2.45) is 7.05 Å². The molecule has 0 fully saturated rings. The van der Waals surface area contributed by atoms with Crippen LogP contribution in [0, 0.1) is 25.5 Å². The Kier molecular flexibility index (Phi) is 6.09. The van der Waals surface area contributed by atoms with E-state index in [1.165, 1.54) is 22.8 Å². The number of hydrogen-bond acceptors (Lipinski definition) is 3. The lowest BCUT2D eigenvalue weighted by molar-refractivity contribution is -0.121. The summed E-state index contributed by atoms with van der Waals surface area (Å²) in [6, 6.07) is 12.3. The van der Waals surface area contributed by atoms with Crippen LogP contribution < -0.4 is 10.9 Å². The van der Waals surface area contributed by atoms with E-state index in [2.05, 4.69) is 10.4 Å². The number of nitrogens with zero attached hydrogens (tertiary/aromatic N) is 3. The minimum absolute atomic E-state index is 0.0844. The minimum atomic E-state index is -0.395. The Balaban J connectivity index is 1.62. The molecule has 0 atom stereocenters. The molecular formula is C25H24F2N4O2. The Morgan fingerprint density at radius 2 is 1.85 bits per heavy atom. The summed E-state index contributed by atoms with van der Waals surface area (Å²) in [5.41, 5.74) is 3.21. The van der Waals surface area contributed by atoms with Crippen LogP contribution >= 0.6 is 0 Å². The van der Waals surface area contributed by atoms with E-state index in [4.69, 9.17) is 0 Å². The lowest BCUT2D eigenvalue weighted by Crippen LogP contribution is -2.27. The van der Waals surface area contributed by atoms with Crippen LogP contribution in [-0.4, -0.2) is 20.3 Å². The largest absolute Gasteiger partial charge is 0.352 e. The van der Waals surface area contributed by atoms with Crippen molar-refractivity contribution in [2.75, 3.05) is 0 Å². The highest BCUT2D eigenvalue weighted by Crippen LogP contribution is 2.26. The maximum atomic E-state index is 13.8. The van der Waals surface area contributed by atoms with Gasteiger partial charge in [-0.15, -0.1) is 0 Å². The number of halogens is 2. The van der Waals surface area contributed by atoms with Crippen LogP contribution in [0.5, 0.6) is 0 Å². The second-order valence-corrected chi connectivity index (χ2v) is 8.01. The van der Waals surface area contributed by atoms with Crippen molar-refractivity contribution in [2.45, 2.75) is 33.2 Å². The van der Waals surface area contributed by atoms with Gasteiger partial charge in [-0.25, -0.2) is 13.5 Å². The second kappa shape index (κ2) is 8.97. The molecule has 0 spiro atoms. The van der Waals surface area contributed by atoms with Gasteiger partial charge in [0.15, 0.2) is 0 Å². The molecule has 4 rings (SSSR count). The molecule has 0 unspecified atom stereocenters. The van der Waals surface area contributed by atoms with Gasteiger partial charge in [0.2, 0.25) is 5.91 Å². The summed E-state index contributed by atoms with van der Waals surface area (Å²) in [4.78, 5) is 25.5. The quantitative estimate of drug-likeness (QED) is 0.485. The zero-order valence-electron chi connectivity index (χ0n) is 18.7. The van der Waals surface area contributed by atoms with Crippen molar-refractivity contribution in [3.63, 3.8) is 0 Å². The smallest absolute Gasteiger partial charge is 0.255 e. The first-order valence-corrected chi connectivity index (χ1v) is 10.6. The van der Waals surface area contributed by atoms with Crippen LogP contribution in [0.3, 0.4) is 0 Å². The van der Waals surface area contributed by atoms with E-state index in [-0.39, 0.29) is 36.7 Å². The first-order chi connectivity index (χ1) is 15.8. The van der Waals surface area contributed by atoms with E-state index in [9.17, 15) is 18.4 Å². The van der Waals surface area contributed by atoms with Crippen LogP contribution in [0.25, 0.3) is 16.7 Å². The fourth-order valence-corrected chi connectivity index (χ4v) is 4.12. The molecule has 0 saturated carbocycles. The molecule has 4 aromatic rings. The van der Waals surface area contributed by atoms with Crippen molar-refractivity contribution >= 4 is 16.9 Å². The lowest BCUT2D eigenvalue weighted by Gasteiger charge is -2.13. The topological polar surface area (TPSA) is 68.9 Å². The Morgan fingerprint density at radius 1 is 1.09 bits per heavy atom. The van der Waals surface area contributed by atoms with Gasteiger partial charge < -0.3 is 5.32 Å². The van der Waals surface area contributed by atoms with Gasteiger partial charge in [0.05, 0.1) is 11.4 Å². The average Bonchev–Trinajstić information content (AvgIpc) is 3.14. The van der Waals surface area contributed by atoms with Crippen LogP contribution in [0.4, 0.5) is 8.78 Å². The molecule has 8 heteroatoms. The lowest BCUT2D eigenvalue weighted by atomic mass is 10.0. The van der Waals surface area contributed by atoms with Crippen LogP contribution in [-0.2, 0) is 24.8 Å². The Morgan fingerprint density at radius 3 is 2.58 bits per heavy atom. The fraction of sp³-hybridized carbons (Fsp3) is 0.240. The van der Waals surface area contributed by atoms with Gasteiger partial charge in [-0.1, -0.05) is 24.3 Å². The van der Waals surface area contributed by atoms with Gasteiger partial charge in [0, 0.05) is 36.5 Å². The van der Waals surface area contributed by atoms with Gasteiger partial charge in [-0.3, -0.25) is 14.2 Å². The van der Waals surface area contributed by atoms with Crippen molar-refractivity contribution in [1.29, 1.82) is 0 Å². The van der Waals surface area contributed by atoms with Gasteiger partial charge in [-0.2, -0.15) is 5.10 Å². The van der Waals surface area contributed by atoms with Gasteiger partial charge in [0.1, 0.15) is 17.3 Å². The molecule has 0 aliphatic carbocycles. The molecular weight excluding hydrogens is 426 g/mol. The second-order valence-electron chi connectivity index (χ2n) is 8.01. The average molecular weight is 450 g/mol. The van der Waals surface area contributed by atoms with E-state index >= 15 is 0 Å². The molecule has 0 aliphatic heterocycles. The number of amides is 1. The summed E-state index contributed by atoms with van der Waals surface area (Å²) in [6.07, 6.45) is 0.329. The number of aryl methyl sites for hydroxylation is 3. The van der Waals surface area contributed by atoms with Gasteiger partial charge in [-0.05, 0) is 50.1 Å². The molecule has 170 valence electrons. The third-order valence-corrected chi connectivity index (χ3v) is 5.83. The monoisotopic (exact) mass is 450 g/mol. The summed E-state index contributed by atoms with van der Waals surface area (Å²) in [5.74, 6) is -1.04. The number of pyridine rings is 1. The number of aromatic nitrogens is 3. The normalized spacial score (nSPS) is 11.2. The molecule has 2 aromatic heterocycles. The Labute approximate surface area is 189 Å². The highest BCUT2D eigenvalue weighted by atomic mass is 19.1. The van der Waals surface area contributed by atoms with Crippen molar-refractivity contribution in [3.8, 4) is 5.69 Å². The number of fused-ring (bicyclic) bond motifs is 1. The van der Waals surface area contributed by atoms with E-state index in [1.54, 1.807) is 42.1 Å². The van der Waals surface area contributed by atoms with Crippen LogP contribution in [0.1, 0.15) is 28.8 Å². The number of nitrogens with one attached hydrogen (secondary N) is 1. The molecule has 1 amide bonds. The first kappa shape index (κ1) is 22.4. The van der Waals surface area contributed by atoms with Gasteiger partial charge in [0.25, 0.3) is 5.56 Å². The number of carbonyl (C=O) groups is 1. The fourth-order valence-electron chi connectivity index (χ4n) is 4.12. The molecule has 0 bridgehead atoms. The number of rotatable bonds is 6. The van der Waals surface area contributed by atoms with Gasteiger partial charge >= 0.3 is 0 Å². The summed E-state index contributed by atoms with van der Waals surface area (Å²) < 4.78 is 30.6. The highest BCUT2D eigenvalue weighted by Gasteiger charge is 2.20. The molecule has 33 heavy (non-hydrogen) atoms. The maximum Gasteiger partial charge on any atom is 0.255 e. The highest BCUT2D eigenvalue weighted by molar-refractivity contribution is 5.85. The maximum absolute atomic E-state index is 13.8. The Hall–Kier alpha value is -3.81. The number of hydrogen-bond donors (Lipinski definition) is 1. The summed E-state index contributed by atoms with van der Waals surface area (Å²) in [5, 5.41) is 8.04. The molecule has 1 N–H and O–H groups in total. The third kappa shape index (κ3) is 4.28. The van der Waals surface area contributed by atoms with Crippen molar-refractivity contribution in [1.82, 2.24) is 19.7 Å². The standard InChI is InChI=1S/C25H24F2N4O2/c1-15-20(11-12-22(32)28-14-17-7-4-5-10-21(17)27)25(33)30(3)24-23(15)16(2)29-31(24)19-9-6-8-18(26)13-19/h4-10,13H,11-12,14H2,1-3H3,(H,28,32). The van der Waals surface area contributed by atoms with Crippen molar-refractivity contribution < 1.29 is 13.6 Å².